The fourth-order valence-corrected chi connectivity index (χ4v) is 3.04. The van der Waals surface area contributed by atoms with Gasteiger partial charge in [-0.05, 0) is 40.2 Å². The molecule has 0 spiro atoms. The van der Waals surface area contributed by atoms with E-state index in [4.69, 9.17) is 16.0 Å². The van der Waals surface area contributed by atoms with E-state index in [-0.39, 0.29) is 31.3 Å². The summed E-state index contributed by atoms with van der Waals surface area (Å²) in [5, 5.41) is 5.67. The molecule has 2 aromatic carbocycles. The van der Waals surface area contributed by atoms with Gasteiger partial charge in [-0.2, -0.15) is 0 Å². The molecule has 3 aromatic rings. The fraction of sp³-hybridized carbons (Fsp3) is 0.167. The van der Waals surface area contributed by atoms with Crippen LogP contribution in [0.1, 0.15) is 6.42 Å². The Kier molecular flexibility index (Phi) is 5.98. The molecule has 140 valence electrons. The Bertz CT molecular complexity index is 1060. The highest BCUT2D eigenvalue weighted by Gasteiger charge is 2.12. The van der Waals surface area contributed by atoms with Crippen LogP contribution in [0, 0.1) is 0 Å². The van der Waals surface area contributed by atoms with Gasteiger partial charge in [0, 0.05) is 28.5 Å². The zero-order valence-corrected chi connectivity index (χ0v) is 16.3. The maximum atomic E-state index is 12.0. The monoisotopic (exact) mass is 451 g/mol. The highest BCUT2D eigenvalue weighted by molar-refractivity contribution is 9.10. The third-order valence-electron chi connectivity index (χ3n) is 3.79. The SMILES string of the molecule is O=C(CCn1c(=O)oc2cc(Cl)ccc21)NCC(=O)Nc1ccccc1Br. The minimum Gasteiger partial charge on any atom is -0.408 e. The molecule has 0 aliphatic carbocycles. The number of oxazole rings is 1. The number of rotatable bonds is 6. The lowest BCUT2D eigenvalue weighted by atomic mass is 10.3. The standard InChI is InChI=1S/C18H15BrClN3O4/c19-12-3-1-2-4-13(12)22-17(25)10-21-16(24)7-8-23-14-6-5-11(20)9-15(14)27-18(23)26/h1-6,9H,7-8,10H2,(H,21,24)(H,22,25). The molecule has 27 heavy (non-hydrogen) atoms. The Hall–Kier alpha value is -2.58. The van der Waals surface area contributed by atoms with Crippen molar-refractivity contribution in [2.24, 2.45) is 0 Å². The lowest BCUT2D eigenvalue weighted by Crippen LogP contribution is -2.33. The van der Waals surface area contributed by atoms with Crippen molar-refractivity contribution < 1.29 is 14.0 Å². The number of hydrogen-bond donors (Lipinski definition) is 2. The second-order valence-corrected chi connectivity index (χ2v) is 6.98. The van der Waals surface area contributed by atoms with Gasteiger partial charge in [-0.1, -0.05) is 23.7 Å². The van der Waals surface area contributed by atoms with Crippen LogP contribution >= 0.6 is 27.5 Å². The van der Waals surface area contributed by atoms with Gasteiger partial charge in [0.2, 0.25) is 11.8 Å². The van der Waals surface area contributed by atoms with Crippen LogP contribution in [-0.2, 0) is 16.1 Å². The highest BCUT2D eigenvalue weighted by atomic mass is 79.9. The number of aromatic nitrogens is 1. The number of hydrogen-bond acceptors (Lipinski definition) is 4. The van der Waals surface area contributed by atoms with E-state index in [1.54, 1.807) is 36.4 Å². The molecule has 1 heterocycles. The summed E-state index contributed by atoms with van der Waals surface area (Å²) >= 11 is 9.20. The van der Waals surface area contributed by atoms with Crippen molar-refractivity contribution in [1.29, 1.82) is 0 Å². The molecule has 2 amide bonds. The Morgan fingerprint density at radius 1 is 1.15 bits per heavy atom. The second-order valence-electron chi connectivity index (χ2n) is 5.69. The van der Waals surface area contributed by atoms with Gasteiger partial charge >= 0.3 is 5.76 Å². The number of anilines is 1. The summed E-state index contributed by atoms with van der Waals surface area (Å²) in [5.74, 6) is -1.27. The molecule has 0 fully saturated rings. The number of carbonyl (C=O) groups is 2. The number of benzene rings is 2. The summed E-state index contributed by atoms with van der Waals surface area (Å²) < 4.78 is 7.21. The molecular formula is C18H15BrClN3O4. The van der Waals surface area contributed by atoms with E-state index in [1.165, 1.54) is 4.57 Å². The normalized spacial score (nSPS) is 10.7. The van der Waals surface area contributed by atoms with Gasteiger partial charge in [0.05, 0.1) is 17.7 Å². The van der Waals surface area contributed by atoms with Gasteiger partial charge in [0.25, 0.3) is 0 Å². The minimum absolute atomic E-state index is 0.0273. The van der Waals surface area contributed by atoms with Gasteiger partial charge in [0.1, 0.15) is 0 Å². The van der Waals surface area contributed by atoms with Gasteiger partial charge in [-0.15, -0.1) is 0 Å². The van der Waals surface area contributed by atoms with Crippen molar-refractivity contribution in [3.05, 3.63) is 62.5 Å². The Morgan fingerprint density at radius 2 is 1.93 bits per heavy atom. The van der Waals surface area contributed by atoms with E-state index in [0.29, 0.717) is 21.8 Å². The fourth-order valence-electron chi connectivity index (χ4n) is 2.49. The number of nitrogens with zero attached hydrogens (tertiary/aromatic N) is 1. The number of halogens is 2. The Balaban J connectivity index is 1.53. The number of nitrogens with one attached hydrogen (secondary N) is 2. The number of aryl methyl sites for hydroxylation is 1. The molecule has 0 unspecified atom stereocenters. The summed E-state index contributed by atoms with van der Waals surface area (Å²) in [6.07, 6.45) is 0.0273. The molecule has 0 aliphatic heterocycles. The highest BCUT2D eigenvalue weighted by Crippen LogP contribution is 2.21. The second kappa shape index (κ2) is 8.41. The molecule has 0 aliphatic rings. The average Bonchev–Trinajstić information content (AvgIpc) is 2.94. The maximum absolute atomic E-state index is 12.0. The number of fused-ring (bicyclic) bond motifs is 1. The first kappa shape index (κ1) is 19.2. The molecule has 0 bridgehead atoms. The van der Waals surface area contributed by atoms with Crippen LogP contribution in [0.4, 0.5) is 5.69 Å². The first-order valence-corrected chi connectivity index (χ1v) is 9.21. The van der Waals surface area contributed by atoms with E-state index in [1.807, 2.05) is 6.07 Å². The summed E-state index contributed by atoms with van der Waals surface area (Å²) in [6, 6.07) is 12.0. The van der Waals surface area contributed by atoms with E-state index < -0.39 is 5.76 Å². The van der Waals surface area contributed by atoms with Gasteiger partial charge in [-0.3, -0.25) is 14.2 Å². The van der Waals surface area contributed by atoms with Crippen molar-refractivity contribution in [3.8, 4) is 0 Å². The van der Waals surface area contributed by atoms with Crippen LogP contribution < -0.4 is 16.4 Å². The Labute approximate surface area is 167 Å². The minimum atomic E-state index is -0.563. The molecule has 1 aromatic heterocycles. The summed E-state index contributed by atoms with van der Waals surface area (Å²) in [6.45, 7) is -0.0397. The molecular weight excluding hydrogens is 438 g/mol. The van der Waals surface area contributed by atoms with Crippen molar-refractivity contribution in [1.82, 2.24) is 9.88 Å². The first-order valence-electron chi connectivity index (χ1n) is 8.04. The summed E-state index contributed by atoms with van der Waals surface area (Å²) in [5.41, 5.74) is 1.54. The molecule has 0 radical (unpaired) electrons. The van der Waals surface area contributed by atoms with Crippen LogP contribution in [0.2, 0.25) is 5.02 Å². The van der Waals surface area contributed by atoms with Crippen molar-refractivity contribution in [2.75, 3.05) is 11.9 Å². The van der Waals surface area contributed by atoms with Crippen LogP contribution in [0.3, 0.4) is 0 Å². The summed E-state index contributed by atoms with van der Waals surface area (Å²) in [7, 11) is 0. The van der Waals surface area contributed by atoms with Gasteiger partial charge < -0.3 is 15.1 Å². The Morgan fingerprint density at radius 3 is 2.70 bits per heavy atom. The van der Waals surface area contributed by atoms with E-state index in [0.717, 1.165) is 4.47 Å². The quantitative estimate of drug-likeness (QED) is 0.601. The third-order valence-corrected chi connectivity index (χ3v) is 4.71. The van der Waals surface area contributed by atoms with Crippen molar-refractivity contribution in [2.45, 2.75) is 13.0 Å². The van der Waals surface area contributed by atoms with Crippen molar-refractivity contribution >= 4 is 56.1 Å². The maximum Gasteiger partial charge on any atom is 0.419 e. The average molecular weight is 453 g/mol. The van der Waals surface area contributed by atoms with Crippen LogP contribution in [0.15, 0.2) is 56.1 Å². The molecule has 2 N–H and O–H groups in total. The lowest BCUT2D eigenvalue weighted by molar-refractivity contribution is -0.124. The molecule has 0 saturated carbocycles. The lowest BCUT2D eigenvalue weighted by Gasteiger charge is -2.08. The molecule has 9 heteroatoms. The van der Waals surface area contributed by atoms with Crippen molar-refractivity contribution in [3.63, 3.8) is 0 Å². The van der Waals surface area contributed by atoms with Crippen LogP contribution in [-0.4, -0.2) is 22.9 Å². The zero-order chi connectivity index (χ0) is 19.4. The number of para-hydroxylation sites is 1. The smallest absolute Gasteiger partial charge is 0.408 e. The number of amides is 2. The molecule has 0 atom stereocenters. The largest absolute Gasteiger partial charge is 0.419 e. The molecule has 7 nitrogen and oxygen atoms in total. The topological polar surface area (TPSA) is 93.3 Å². The van der Waals surface area contributed by atoms with Gasteiger partial charge in [-0.25, -0.2) is 4.79 Å². The molecule has 0 saturated heterocycles. The zero-order valence-electron chi connectivity index (χ0n) is 14.0. The first-order chi connectivity index (χ1) is 12.9. The molecule has 3 rings (SSSR count). The van der Waals surface area contributed by atoms with E-state index >= 15 is 0 Å². The third kappa shape index (κ3) is 4.78. The van der Waals surface area contributed by atoms with E-state index in [9.17, 15) is 14.4 Å². The summed E-state index contributed by atoms with van der Waals surface area (Å²) in [4.78, 5) is 35.8. The predicted molar refractivity (Wildman–Crippen MR) is 106 cm³/mol. The van der Waals surface area contributed by atoms with Crippen LogP contribution in [0.5, 0.6) is 0 Å². The van der Waals surface area contributed by atoms with Gasteiger partial charge in [0.15, 0.2) is 5.58 Å². The van der Waals surface area contributed by atoms with E-state index in [2.05, 4.69) is 26.6 Å². The predicted octanol–water partition coefficient (Wildman–Crippen LogP) is 3.16. The van der Waals surface area contributed by atoms with Crippen LogP contribution in [0.25, 0.3) is 11.1 Å². The number of carbonyl (C=O) groups excluding carboxylic acids is 2.